The molecule has 3 rings (SSSR count). The van der Waals surface area contributed by atoms with E-state index in [1.54, 1.807) is 16.4 Å². The molecule has 1 unspecified atom stereocenters. The Balaban J connectivity index is 1.74. The molecule has 0 aliphatic carbocycles. The number of aromatic nitrogens is 4. The van der Waals surface area contributed by atoms with E-state index in [1.165, 1.54) is 13.0 Å². The van der Waals surface area contributed by atoms with Crippen LogP contribution in [-0.2, 0) is 0 Å². The predicted molar refractivity (Wildman–Crippen MR) is 86.7 cm³/mol. The summed E-state index contributed by atoms with van der Waals surface area (Å²) >= 11 is 1.72. The van der Waals surface area contributed by atoms with E-state index in [-0.39, 0.29) is 0 Å². The lowest BCUT2D eigenvalue weighted by Gasteiger charge is -2.12. The van der Waals surface area contributed by atoms with Crippen molar-refractivity contribution in [2.45, 2.75) is 18.5 Å². The highest BCUT2D eigenvalue weighted by atomic mass is 32.2. The van der Waals surface area contributed by atoms with E-state index in [9.17, 15) is 0 Å². The minimum Gasteiger partial charge on any atom is -0.492 e. The SMILES string of the molecule is CCOc1ccccc1-n1nnnc1SCC1CCN(C)C1. The van der Waals surface area contributed by atoms with Crippen molar-refractivity contribution in [3.05, 3.63) is 24.3 Å². The highest BCUT2D eigenvalue weighted by Crippen LogP contribution is 2.28. The summed E-state index contributed by atoms with van der Waals surface area (Å²) in [5.74, 6) is 2.56. The van der Waals surface area contributed by atoms with Crippen LogP contribution in [0.3, 0.4) is 0 Å². The first-order chi connectivity index (χ1) is 10.8. The molecule has 0 radical (unpaired) electrons. The van der Waals surface area contributed by atoms with Gasteiger partial charge in [-0.25, -0.2) is 0 Å². The van der Waals surface area contributed by atoms with Gasteiger partial charge in [0.2, 0.25) is 5.16 Å². The van der Waals surface area contributed by atoms with Crippen molar-refractivity contribution < 1.29 is 4.74 Å². The van der Waals surface area contributed by atoms with Crippen molar-refractivity contribution in [3.63, 3.8) is 0 Å². The van der Waals surface area contributed by atoms with Crippen molar-refractivity contribution >= 4 is 11.8 Å². The number of nitrogens with zero attached hydrogens (tertiary/aromatic N) is 5. The Labute approximate surface area is 134 Å². The monoisotopic (exact) mass is 319 g/mol. The topological polar surface area (TPSA) is 56.1 Å². The van der Waals surface area contributed by atoms with Crippen LogP contribution in [0.4, 0.5) is 0 Å². The fraction of sp³-hybridized carbons (Fsp3) is 0.533. The first-order valence-corrected chi connectivity index (χ1v) is 8.58. The second-order valence-electron chi connectivity index (χ2n) is 5.50. The largest absolute Gasteiger partial charge is 0.492 e. The van der Waals surface area contributed by atoms with Gasteiger partial charge in [0.1, 0.15) is 11.4 Å². The maximum atomic E-state index is 5.68. The van der Waals surface area contributed by atoms with Crippen LogP contribution in [0.2, 0.25) is 0 Å². The standard InChI is InChI=1S/C15H21N5OS/c1-3-21-14-7-5-4-6-13(14)20-15(16-17-18-20)22-11-12-8-9-19(2)10-12/h4-7,12H,3,8-11H2,1-2H3. The van der Waals surface area contributed by atoms with Gasteiger partial charge in [-0.15, -0.1) is 5.10 Å². The minimum absolute atomic E-state index is 0.621. The lowest BCUT2D eigenvalue weighted by atomic mass is 10.2. The smallest absolute Gasteiger partial charge is 0.214 e. The van der Waals surface area contributed by atoms with Gasteiger partial charge in [0.05, 0.1) is 6.61 Å². The summed E-state index contributed by atoms with van der Waals surface area (Å²) in [5.41, 5.74) is 0.889. The zero-order valence-electron chi connectivity index (χ0n) is 13.0. The van der Waals surface area contributed by atoms with Crippen LogP contribution < -0.4 is 4.74 Å². The Kier molecular flexibility index (Phi) is 4.94. The van der Waals surface area contributed by atoms with Crippen LogP contribution in [0.5, 0.6) is 5.75 Å². The van der Waals surface area contributed by atoms with E-state index in [0.717, 1.165) is 28.9 Å². The van der Waals surface area contributed by atoms with E-state index in [1.807, 2.05) is 31.2 Å². The van der Waals surface area contributed by atoms with Crippen LogP contribution in [0.25, 0.3) is 5.69 Å². The number of thioether (sulfide) groups is 1. The number of hydrogen-bond acceptors (Lipinski definition) is 6. The number of ether oxygens (including phenoxy) is 1. The lowest BCUT2D eigenvalue weighted by molar-refractivity contribution is 0.337. The highest BCUT2D eigenvalue weighted by Gasteiger charge is 2.21. The summed E-state index contributed by atoms with van der Waals surface area (Å²) in [6, 6.07) is 7.86. The molecule has 2 aromatic rings. The molecule has 0 bridgehead atoms. The second kappa shape index (κ2) is 7.11. The molecule has 0 amide bonds. The Morgan fingerprint density at radius 1 is 1.36 bits per heavy atom. The molecular weight excluding hydrogens is 298 g/mol. The molecule has 2 heterocycles. The molecular formula is C15H21N5OS. The van der Waals surface area contributed by atoms with E-state index in [2.05, 4.69) is 27.5 Å². The number of rotatable bonds is 6. The normalized spacial score (nSPS) is 18.7. The third kappa shape index (κ3) is 3.41. The lowest BCUT2D eigenvalue weighted by Crippen LogP contribution is -2.15. The second-order valence-corrected chi connectivity index (χ2v) is 6.49. The van der Waals surface area contributed by atoms with E-state index in [4.69, 9.17) is 4.74 Å². The van der Waals surface area contributed by atoms with Crippen molar-refractivity contribution in [1.82, 2.24) is 25.1 Å². The summed E-state index contributed by atoms with van der Waals surface area (Å²) in [6.07, 6.45) is 1.25. The first-order valence-electron chi connectivity index (χ1n) is 7.60. The maximum absolute atomic E-state index is 5.68. The van der Waals surface area contributed by atoms with Crippen LogP contribution in [-0.4, -0.2) is 57.6 Å². The van der Waals surface area contributed by atoms with Gasteiger partial charge in [-0.1, -0.05) is 23.9 Å². The zero-order valence-corrected chi connectivity index (χ0v) is 13.8. The minimum atomic E-state index is 0.621. The Morgan fingerprint density at radius 2 is 2.23 bits per heavy atom. The molecule has 0 spiro atoms. The van der Waals surface area contributed by atoms with Gasteiger partial charge in [0, 0.05) is 12.3 Å². The van der Waals surface area contributed by atoms with Gasteiger partial charge in [-0.3, -0.25) is 0 Å². The van der Waals surface area contributed by atoms with E-state index >= 15 is 0 Å². The number of benzene rings is 1. The summed E-state index contributed by atoms with van der Waals surface area (Å²) in [6.45, 7) is 4.94. The third-order valence-electron chi connectivity index (χ3n) is 3.77. The Morgan fingerprint density at radius 3 is 3.00 bits per heavy atom. The van der Waals surface area contributed by atoms with Gasteiger partial charge >= 0.3 is 0 Å². The van der Waals surface area contributed by atoms with Gasteiger partial charge in [0.15, 0.2) is 0 Å². The number of hydrogen-bond donors (Lipinski definition) is 0. The van der Waals surface area contributed by atoms with Crippen molar-refractivity contribution in [1.29, 1.82) is 0 Å². The summed E-state index contributed by atoms with van der Waals surface area (Å²) in [4.78, 5) is 2.37. The molecule has 1 atom stereocenters. The van der Waals surface area contributed by atoms with Crippen molar-refractivity contribution in [2.75, 3.05) is 32.5 Å². The summed E-state index contributed by atoms with van der Waals surface area (Å²) in [7, 11) is 2.17. The molecule has 22 heavy (non-hydrogen) atoms. The molecule has 1 aromatic heterocycles. The average molecular weight is 319 g/mol. The van der Waals surface area contributed by atoms with Crippen LogP contribution in [0, 0.1) is 5.92 Å². The van der Waals surface area contributed by atoms with Crippen LogP contribution in [0.15, 0.2) is 29.4 Å². The van der Waals surface area contributed by atoms with Crippen molar-refractivity contribution in [2.24, 2.45) is 5.92 Å². The first kappa shape index (κ1) is 15.3. The molecule has 7 heteroatoms. The van der Waals surface area contributed by atoms with E-state index in [0.29, 0.717) is 12.5 Å². The maximum Gasteiger partial charge on any atom is 0.214 e. The quantitative estimate of drug-likeness (QED) is 0.760. The van der Waals surface area contributed by atoms with Gasteiger partial charge in [-0.05, 0) is 55.4 Å². The predicted octanol–water partition coefficient (Wildman–Crippen LogP) is 2.10. The van der Waals surface area contributed by atoms with Crippen LogP contribution >= 0.6 is 11.8 Å². The van der Waals surface area contributed by atoms with Crippen LogP contribution in [0.1, 0.15) is 13.3 Å². The Hall–Kier alpha value is -1.60. The summed E-state index contributed by atoms with van der Waals surface area (Å²) < 4.78 is 7.45. The highest BCUT2D eigenvalue weighted by molar-refractivity contribution is 7.99. The molecule has 0 N–H and O–H groups in total. The van der Waals surface area contributed by atoms with Gasteiger partial charge in [-0.2, -0.15) is 4.68 Å². The molecule has 1 aliphatic rings. The average Bonchev–Trinajstić information content (AvgIpc) is 3.15. The number of tetrazole rings is 1. The van der Waals surface area contributed by atoms with Gasteiger partial charge in [0.25, 0.3) is 0 Å². The number of likely N-dealkylation sites (tertiary alicyclic amines) is 1. The van der Waals surface area contributed by atoms with Gasteiger partial charge < -0.3 is 9.64 Å². The molecule has 1 aliphatic heterocycles. The molecule has 1 aromatic carbocycles. The molecule has 1 saturated heterocycles. The summed E-state index contributed by atoms with van der Waals surface area (Å²) in [5, 5.41) is 13.0. The molecule has 1 fully saturated rings. The molecule has 0 saturated carbocycles. The molecule has 6 nitrogen and oxygen atoms in total. The molecule has 118 valence electrons. The fourth-order valence-corrected chi connectivity index (χ4v) is 3.69. The van der Waals surface area contributed by atoms with E-state index < -0.39 is 0 Å². The zero-order chi connectivity index (χ0) is 15.4. The number of para-hydroxylation sites is 2. The fourth-order valence-electron chi connectivity index (χ4n) is 2.68. The Bertz CT molecular complexity index is 617. The van der Waals surface area contributed by atoms with Crippen molar-refractivity contribution in [3.8, 4) is 11.4 Å². The third-order valence-corrected chi connectivity index (χ3v) is 4.92.